The lowest BCUT2D eigenvalue weighted by Gasteiger charge is -2.30. The highest BCUT2D eigenvalue weighted by molar-refractivity contribution is 9.10. The third-order valence-electron chi connectivity index (χ3n) is 4.74. The predicted molar refractivity (Wildman–Crippen MR) is 113 cm³/mol. The number of aryl methyl sites for hydroxylation is 1. The molecule has 28 heavy (non-hydrogen) atoms. The fourth-order valence-electron chi connectivity index (χ4n) is 3.03. The van der Waals surface area contributed by atoms with Gasteiger partial charge in [0.25, 0.3) is 0 Å². The molecule has 6 nitrogen and oxygen atoms in total. The normalized spacial score (nSPS) is 16.4. The number of hydrogen-bond donors (Lipinski definition) is 1. The van der Waals surface area contributed by atoms with Crippen molar-refractivity contribution in [2.45, 2.75) is 24.7 Å². The molecule has 1 N–H and O–H groups in total. The van der Waals surface area contributed by atoms with Crippen LogP contribution in [0.1, 0.15) is 24.0 Å². The first-order chi connectivity index (χ1) is 13.4. The molecule has 2 aromatic rings. The van der Waals surface area contributed by atoms with E-state index in [1.807, 2.05) is 31.2 Å². The zero-order valence-corrected chi connectivity index (χ0v) is 17.9. The lowest BCUT2D eigenvalue weighted by molar-refractivity contribution is -0.126. The SMILES string of the molecule is Cc1ccc(/C=N\NC(=O)C2CCN(S(=O)(=O)c3ccc(Br)cc3)CC2)cc1. The Kier molecular flexibility index (Phi) is 6.64. The molecular formula is C20H22BrN3O3S. The lowest BCUT2D eigenvalue weighted by atomic mass is 9.98. The molecule has 1 aliphatic heterocycles. The average molecular weight is 464 g/mol. The van der Waals surface area contributed by atoms with E-state index in [-0.39, 0.29) is 16.7 Å². The van der Waals surface area contributed by atoms with Gasteiger partial charge in [0, 0.05) is 23.5 Å². The fourth-order valence-corrected chi connectivity index (χ4v) is 4.76. The number of sulfonamides is 1. The quantitative estimate of drug-likeness (QED) is 0.545. The molecule has 0 radical (unpaired) electrons. The predicted octanol–water partition coefficient (Wildman–Crippen LogP) is 3.31. The summed E-state index contributed by atoms with van der Waals surface area (Å²) in [4.78, 5) is 12.6. The van der Waals surface area contributed by atoms with Crippen LogP contribution in [0.15, 0.2) is 63.0 Å². The highest BCUT2D eigenvalue weighted by Crippen LogP contribution is 2.25. The third-order valence-corrected chi connectivity index (χ3v) is 7.18. The van der Waals surface area contributed by atoms with Crippen molar-refractivity contribution in [1.82, 2.24) is 9.73 Å². The van der Waals surface area contributed by atoms with Crippen LogP contribution in [0.3, 0.4) is 0 Å². The van der Waals surface area contributed by atoms with Crippen molar-refractivity contribution in [1.29, 1.82) is 0 Å². The molecule has 148 valence electrons. The summed E-state index contributed by atoms with van der Waals surface area (Å²) >= 11 is 3.31. The lowest BCUT2D eigenvalue weighted by Crippen LogP contribution is -2.42. The van der Waals surface area contributed by atoms with Gasteiger partial charge in [-0.2, -0.15) is 9.41 Å². The van der Waals surface area contributed by atoms with E-state index in [2.05, 4.69) is 26.5 Å². The van der Waals surface area contributed by atoms with Crippen LogP contribution >= 0.6 is 15.9 Å². The summed E-state index contributed by atoms with van der Waals surface area (Å²) in [6.07, 6.45) is 2.55. The maximum atomic E-state index is 12.7. The van der Waals surface area contributed by atoms with Gasteiger partial charge in [-0.1, -0.05) is 45.8 Å². The van der Waals surface area contributed by atoms with Gasteiger partial charge < -0.3 is 0 Å². The van der Waals surface area contributed by atoms with Crippen LogP contribution in [0.2, 0.25) is 0 Å². The number of hydrogen-bond acceptors (Lipinski definition) is 4. The molecule has 1 saturated heterocycles. The standard InChI is InChI=1S/C20H22BrN3O3S/c1-15-2-4-16(5-3-15)14-22-23-20(25)17-10-12-24(13-11-17)28(26,27)19-8-6-18(21)7-9-19/h2-9,14,17H,10-13H2,1H3,(H,23,25)/b22-14-. The van der Waals surface area contributed by atoms with E-state index in [1.165, 1.54) is 4.31 Å². The van der Waals surface area contributed by atoms with Gasteiger partial charge in [0.2, 0.25) is 15.9 Å². The van der Waals surface area contributed by atoms with Gasteiger partial charge in [-0.15, -0.1) is 0 Å². The van der Waals surface area contributed by atoms with Gasteiger partial charge in [0.05, 0.1) is 11.1 Å². The van der Waals surface area contributed by atoms with Crippen LogP contribution in [0.4, 0.5) is 0 Å². The van der Waals surface area contributed by atoms with Crippen LogP contribution in [0, 0.1) is 12.8 Å². The number of halogens is 1. The van der Waals surface area contributed by atoms with Gasteiger partial charge in [-0.25, -0.2) is 13.8 Å². The van der Waals surface area contributed by atoms with E-state index >= 15 is 0 Å². The van der Waals surface area contributed by atoms with Crippen molar-refractivity contribution in [2.24, 2.45) is 11.0 Å². The number of carbonyl (C=O) groups is 1. The molecule has 2 aromatic carbocycles. The summed E-state index contributed by atoms with van der Waals surface area (Å²) in [7, 11) is -3.53. The maximum absolute atomic E-state index is 12.7. The first kappa shape index (κ1) is 20.7. The number of hydrazone groups is 1. The average Bonchev–Trinajstić information content (AvgIpc) is 2.70. The van der Waals surface area contributed by atoms with Crippen LogP contribution in [0.5, 0.6) is 0 Å². The minimum Gasteiger partial charge on any atom is -0.273 e. The third kappa shape index (κ3) is 5.06. The van der Waals surface area contributed by atoms with E-state index in [0.29, 0.717) is 25.9 Å². The van der Waals surface area contributed by atoms with Crippen molar-refractivity contribution in [3.63, 3.8) is 0 Å². The summed E-state index contributed by atoms with van der Waals surface area (Å²) in [6.45, 7) is 2.64. The molecule has 0 aliphatic carbocycles. The van der Waals surface area contributed by atoms with Crippen molar-refractivity contribution in [2.75, 3.05) is 13.1 Å². The first-order valence-electron chi connectivity index (χ1n) is 9.01. The number of nitrogens with zero attached hydrogens (tertiary/aromatic N) is 2. The van der Waals surface area contributed by atoms with Crippen molar-refractivity contribution in [3.05, 3.63) is 64.1 Å². The second kappa shape index (κ2) is 8.98. The highest BCUT2D eigenvalue weighted by atomic mass is 79.9. The number of benzene rings is 2. The monoisotopic (exact) mass is 463 g/mol. The Bertz CT molecular complexity index is 949. The maximum Gasteiger partial charge on any atom is 0.243 e. The fraction of sp³-hybridized carbons (Fsp3) is 0.300. The molecule has 1 fully saturated rings. The van der Waals surface area contributed by atoms with Crippen molar-refractivity contribution >= 4 is 38.1 Å². The van der Waals surface area contributed by atoms with Crippen LogP contribution in [-0.4, -0.2) is 37.9 Å². The second-order valence-corrected chi connectivity index (χ2v) is 9.63. The Morgan fingerprint density at radius 1 is 1.11 bits per heavy atom. The van der Waals surface area contributed by atoms with Gasteiger partial charge >= 0.3 is 0 Å². The molecule has 1 amide bonds. The van der Waals surface area contributed by atoms with Crippen LogP contribution < -0.4 is 5.43 Å². The van der Waals surface area contributed by atoms with Crippen molar-refractivity contribution in [3.8, 4) is 0 Å². The topological polar surface area (TPSA) is 78.8 Å². The molecule has 0 spiro atoms. The van der Waals surface area contributed by atoms with E-state index in [9.17, 15) is 13.2 Å². The van der Waals surface area contributed by atoms with Gasteiger partial charge in [-0.3, -0.25) is 4.79 Å². The smallest absolute Gasteiger partial charge is 0.243 e. The molecule has 1 heterocycles. The zero-order valence-electron chi connectivity index (χ0n) is 15.5. The minimum absolute atomic E-state index is 0.177. The van der Waals surface area contributed by atoms with E-state index in [4.69, 9.17) is 0 Å². The Labute approximate surface area is 173 Å². The molecule has 0 saturated carbocycles. The molecule has 0 bridgehead atoms. The summed E-state index contributed by atoms with van der Waals surface area (Å²) < 4.78 is 27.7. The van der Waals surface area contributed by atoms with Gasteiger partial charge in [0.1, 0.15) is 0 Å². The van der Waals surface area contributed by atoms with E-state index < -0.39 is 10.0 Å². The minimum atomic E-state index is -3.53. The Balaban J connectivity index is 1.53. The van der Waals surface area contributed by atoms with Crippen LogP contribution in [0.25, 0.3) is 0 Å². The van der Waals surface area contributed by atoms with Gasteiger partial charge in [-0.05, 0) is 49.6 Å². The Morgan fingerprint density at radius 2 is 1.71 bits per heavy atom. The Hall–Kier alpha value is -2.03. The van der Waals surface area contributed by atoms with E-state index in [1.54, 1.807) is 30.5 Å². The zero-order chi connectivity index (χ0) is 20.1. The molecular weight excluding hydrogens is 442 g/mol. The molecule has 0 atom stereocenters. The first-order valence-corrected chi connectivity index (χ1v) is 11.2. The number of amides is 1. The number of rotatable bonds is 5. The van der Waals surface area contributed by atoms with E-state index in [0.717, 1.165) is 15.6 Å². The number of piperidine rings is 1. The molecule has 1 aliphatic rings. The summed E-state index contributed by atoms with van der Waals surface area (Å²) in [5.74, 6) is -0.421. The Morgan fingerprint density at radius 3 is 2.32 bits per heavy atom. The van der Waals surface area contributed by atoms with Gasteiger partial charge in [0.15, 0.2) is 0 Å². The number of carbonyl (C=O) groups excluding carboxylic acids is 1. The molecule has 0 unspecified atom stereocenters. The molecule has 8 heteroatoms. The van der Waals surface area contributed by atoms with Crippen molar-refractivity contribution < 1.29 is 13.2 Å². The largest absolute Gasteiger partial charge is 0.273 e. The molecule has 3 rings (SSSR count). The second-order valence-electron chi connectivity index (χ2n) is 6.78. The summed E-state index contributed by atoms with van der Waals surface area (Å²) in [5, 5.41) is 4.01. The summed E-state index contributed by atoms with van der Waals surface area (Å²) in [5.41, 5.74) is 4.63. The van der Waals surface area contributed by atoms with Crippen LogP contribution in [-0.2, 0) is 14.8 Å². The highest BCUT2D eigenvalue weighted by Gasteiger charge is 2.32. The number of nitrogens with one attached hydrogen (secondary N) is 1. The molecule has 0 aromatic heterocycles. The summed E-state index contributed by atoms with van der Waals surface area (Å²) in [6, 6.07) is 14.4.